The lowest BCUT2D eigenvalue weighted by Gasteiger charge is -2.03. The van der Waals surface area contributed by atoms with E-state index in [4.69, 9.17) is 4.42 Å². The van der Waals surface area contributed by atoms with Crippen molar-refractivity contribution in [3.8, 4) is 5.75 Å². The Bertz CT molecular complexity index is 968. The van der Waals surface area contributed by atoms with Gasteiger partial charge in [0.1, 0.15) is 16.9 Å². The molecule has 0 atom stereocenters. The van der Waals surface area contributed by atoms with Gasteiger partial charge in [-0.15, -0.1) is 0 Å². The van der Waals surface area contributed by atoms with Crippen LogP contribution in [0, 0.1) is 0 Å². The first kappa shape index (κ1) is 15.2. The molecule has 0 saturated carbocycles. The molecule has 0 bridgehead atoms. The van der Waals surface area contributed by atoms with Crippen molar-refractivity contribution < 1.29 is 14.3 Å². The number of halogens is 1. The van der Waals surface area contributed by atoms with Crippen LogP contribution >= 0.6 is 15.9 Å². The van der Waals surface area contributed by atoms with Crippen molar-refractivity contribution in [1.29, 1.82) is 0 Å². The Morgan fingerprint density at radius 2 is 1.78 bits per heavy atom. The molecule has 0 unspecified atom stereocenters. The molecule has 5 heteroatoms. The molecule has 0 radical (unpaired) electrons. The van der Waals surface area contributed by atoms with E-state index in [1.807, 2.05) is 24.3 Å². The molecule has 0 aliphatic rings. The summed E-state index contributed by atoms with van der Waals surface area (Å²) < 4.78 is 6.01. The zero-order valence-electron chi connectivity index (χ0n) is 11.8. The van der Waals surface area contributed by atoms with Crippen LogP contribution in [0.4, 0.5) is 0 Å². The highest BCUT2D eigenvalue weighted by atomic mass is 79.9. The standard InChI is InChI=1S/C18H11BrO4/c19-12-8-5-11(6-9-12)7-10-14(20)16-17(21)13-3-1-2-4-15(13)23-18(16)22/h1-10,21H/b10-7+. The highest BCUT2D eigenvalue weighted by molar-refractivity contribution is 9.10. The second kappa shape index (κ2) is 6.22. The maximum atomic E-state index is 12.3. The van der Waals surface area contributed by atoms with Gasteiger partial charge in [0.05, 0.1) is 5.39 Å². The third kappa shape index (κ3) is 3.10. The average molecular weight is 371 g/mol. The first-order valence-electron chi connectivity index (χ1n) is 6.79. The van der Waals surface area contributed by atoms with Crippen LogP contribution < -0.4 is 5.63 Å². The zero-order chi connectivity index (χ0) is 16.4. The molecule has 3 aromatic rings. The van der Waals surface area contributed by atoms with Crippen molar-refractivity contribution in [2.45, 2.75) is 0 Å². The minimum absolute atomic E-state index is 0.239. The molecule has 0 aliphatic heterocycles. The second-order valence-electron chi connectivity index (χ2n) is 4.86. The molecule has 114 valence electrons. The van der Waals surface area contributed by atoms with Gasteiger partial charge < -0.3 is 9.52 Å². The minimum atomic E-state index is -0.855. The summed E-state index contributed by atoms with van der Waals surface area (Å²) in [6, 6.07) is 13.8. The van der Waals surface area contributed by atoms with E-state index in [1.165, 1.54) is 6.08 Å². The molecule has 1 heterocycles. The Hall–Kier alpha value is -2.66. The average Bonchev–Trinajstić information content (AvgIpc) is 2.54. The zero-order valence-corrected chi connectivity index (χ0v) is 13.4. The van der Waals surface area contributed by atoms with Gasteiger partial charge in [0.25, 0.3) is 0 Å². The number of rotatable bonds is 3. The van der Waals surface area contributed by atoms with Crippen LogP contribution in [0.2, 0.25) is 0 Å². The lowest BCUT2D eigenvalue weighted by atomic mass is 10.1. The second-order valence-corrected chi connectivity index (χ2v) is 5.77. The van der Waals surface area contributed by atoms with Gasteiger partial charge in [-0.3, -0.25) is 4.79 Å². The summed E-state index contributed by atoms with van der Waals surface area (Å²) in [7, 11) is 0. The van der Waals surface area contributed by atoms with Crippen molar-refractivity contribution in [1.82, 2.24) is 0 Å². The van der Waals surface area contributed by atoms with Gasteiger partial charge >= 0.3 is 5.63 Å². The highest BCUT2D eigenvalue weighted by Crippen LogP contribution is 2.26. The number of allylic oxidation sites excluding steroid dienone is 1. The van der Waals surface area contributed by atoms with Gasteiger partial charge in [0.2, 0.25) is 0 Å². The lowest BCUT2D eigenvalue weighted by molar-refractivity contribution is 0.104. The number of para-hydroxylation sites is 1. The van der Waals surface area contributed by atoms with Gasteiger partial charge in [-0.05, 0) is 35.9 Å². The fraction of sp³-hybridized carbons (Fsp3) is 0. The van der Waals surface area contributed by atoms with Crippen LogP contribution in [0.1, 0.15) is 15.9 Å². The number of carbonyl (C=O) groups excluding carboxylic acids is 1. The van der Waals surface area contributed by atoms with E-state index in [9.17, 15) is 14.7 Å². The van der Waals surface area contributed by atoms with E-state index in [-0.39, 0.29) is 16.9 Å². The highest BCUT2D eigenvalue weighted by Gasteiger charge is 2.18. The fourth-order valence-electron chi connectivity index (χ4n) is 2.18. The molecular weight excluding hydrogens is 360 g/mol. The number of benzene rings is 2. The van der Waals surface area contributed by atoms with Crippen LogP contribution in [0.5, 0.6) is 5.75 Å². The van der Waals surface area contributed by atoms with Crippen molar-refractivity contribution in [2.75, 3.05) is 0 Å². The Morgan fingerprint density at radius 1 is 1.09 bits per heavy atom. The maximum Gasteiger partial charge on any atom is 0.351 e. The molecule has 1 N–H and O–H groups in total. The predicted molar refractivity (Wildman–Crippen MR) is 91.7 cm³/mol. The normalized spacial score (nSPS) is 11.2. The SMILES string of the molecule is O=C(/C=C/c1ccc(Br)cc1)c1c(O)c2ccccc2oc1=O. The number of aromatic hydroxyl groups is 1. The monoisotopic (exact) mass is 370 g/mol. The largest absolute Gasteiger partial charge is 0.506 e. The quantitative estimate of drug-likeness (QED) is 0.427. The lowest BCUT2D eigenvalue weighted by Crippen LogP contribution is -2.12. The van der Waals surface area contributed by atoms with Crippen LogP contribution in [-0.2, 0) is 0 Å². The molecule has 0 aliphatic carbocycles. The van der Waals surface area contributed by atoms with Gasteiger partial charge in [0.15, 0.2) is 5.78 Å². The molecular formula is C18H11BrO4. The summed E-state index contributed by atoms with van der Waals surface area (Å²) in [6.45, 7) is 0. The number of hydrogen-bond donors (Lipinski definition) is 1. The fourth-order valence-corrected chi connectivity index (χ4v) is 2.44. The van der Waals surface area contributed by atoms with Crippen LogP contribution in [0.15, 0.2) is 68.3 Å². The molecule has 4 nitrogen and oxygen atoms in total. The summed E-state index contributed by atoms with van der Waals surface area (Å²) in [5.41, 5.74) is -0.182. The van der Waals surface area contributed by atoms with E-state index in [1.54, 1.807) is 30.3 Å². The molecule has 0 amide bonds. The molecule has 3 rings (SSSR count). The van der Waals surface area contributed by atoms with Crippen molar-refractivity contribution in [3.05, 3.63) is 80.6 Å². The molecule has 0 fully saturated rings. The summed E-state index contributed by atoms with van der Waals surface area (Å²) >= 11 is 3.33. The van der Waals surface area contributed by atoms with Crippen LogP contribution in [-0.4, -0.2) is 10.9 Å². The Morgan fingerprint density at radius 3 is 2.52 bits per heavy atom. The van der Waals surface area contributed by atoms with Gasteiger partial charge in [-0.2, -0.15) is 0 Å². The van der Waals surface area contributed by atoms with Gasteiger partial charge in [-0.25, -0.2) is 4.79 Å². The molecule has 0 spiro atoms. The summed E-state index contributed by atoms with van der Waals surface area (Å²) in [4.78, 5) is 24.2. The summed E-state index contributed by atoms with van der Waals surface area (Å²) in [5, 5.41) is 10.5. The smallest absolute Gasteiger partial charge is 0.351 e. The summed E-state index contributed by atoms with van der Waals surface area (Å²) in [6.07, 6.45) is 2.81. The van der Waals surface area contributed by atoms with Crippen molar-refractivity contribution in [2.24, 2.45) is 0 Å². The van der Waals surface area contributed by atoms with E-state index in [0.717, 1.165) is 10.0 Å². The number of ketones is 1. The first-order chi connectivity index (χ1) is 11.1. The third-order valence-electron chi connectivity index (χ3n) is 3.33. The topological polar surface area (TPSA) is 67.5 Å². The van der Waals surface area contributed by atoms with Crippen molar-refractivity contribution >= 4 is 38.8 Å². The third-order valence-corrected chi connectivity index (χ3v) is 3.86. The van der Waals surface area contributed by atoms with Crippen molar-refractivity contribution in [3.63, 3.8) is 0 Å². The number of carbonyl (C=O) groups is 1. The Balaban J connectivity index is 2.01. The van der Waals surface area contributed by atoms with Crippen LogP contribution in [0.3, 0.4) is 0 Å². The number of fused-ring (bicyclic) bond motifs is 1. The Labute approximate surface area is 139 Å². The van der Waals surface area contributed by atoms with Gasteiger partial charge in [-0.1, -0.05) is 46.3 Å². The molecule has 23 heavy (non-hydrogen) atoms. The number of hydrogen-bond acceptors (Lipinski definition) is 4. The minimum Gasteiger partial charge on any atom is -0.506 e. The van der Waals surface area contributed by atoms with Gasteiger partial charge in [0, 0.05) is 4.47 Å². The first-order valence-corrected chi connectivity index (χ1v) is 7.58. The Kier molecular flexibility index (Phi) is 4.12. The van der Waals surface area contributed by atoms with E-state index in [2.05, 4.69) is 15.9 Å². The maximum absolute atomic E-state index is 12.3. The molecule has 1 aromatic heterocycles. The molecule has 0 saturated heterocycles. The predicted octanol–water partition coefficient (Wildman–Crippen LogP) is 4.16. The van der Waals surface area contributed by atoms with E-state index >= 15 is 0 Å². The van der Waals surface area contributed by atoms with Crippen LogP contribution in [0.25, 0.3) is 17.0 Å². The molecule has 2 aromatic carbocycles. The van der Waals surface area contributed by atoms with E-state index < -0.39 is 11.4 Å². The van der Waals surface area contributed by atoms with E-state index in [0.29, 0.717) is 5.39 Å². The summed E-state index contributed by atoms with van der Waals surface area (Å²) in [5.74, 6) is -0.966.